The van der Waals surface area contributed by atoms with Crippen LogP contribution in [-0.4, -0.2) is 55.5 Å². The number of fused-ring (bicyclic) bond motifs is 2. The molecular weight excluding hydrogens is 391 g/mol. The summed E-state index contributed by atoms with van der Waals surface area (Å²) in [6.45, 7) is 2.77. The summed E-state index contributed by atoms with van der Waals surface area (Å²) >= 11 is 0. The molecule has 5 rings (SSSR count). The van der Waals surface area contributed by atoms with Gasteiger partial charge in [-0.3, -0.25) is 9.20 Å². The van der Waals surface area contributed by atoms with Gasteiger partial charge in [0, 0.05) is 44.2 Å². The SMILES string of the molecule is Cn1nc2cc(N3CCOc4cc(C(=O)N5CCCC5(C)F)cnc43)ccn2c1=O. The molecule has 0 aromatic carbocycles. The van der Waals surface area contributed by atoms with Gasteiger partial charge in [0.05, 0.1) is 12.1 Å². The molecule has 2 aliphatic rings. The quantitative estimate of drug-likeness (QED) is 0.598. The van der Waals surface area contributed by atoms with Gasteiger partial charge in [0.25, 0.3) is 5.91 Å². The Labute approximate surface area is 171 Å². The summed E-state index contributed by atoms with van der Waals surface area (Å²) in [6, 6.07) is 5.23. The Morgan fingerprint density at radius 2 is 2.13 bits per heavy atom. The third-order valence-corrected chi connectivity index (χ3v) is 5.70. The van der Waals surface area contributed by atoms with E-state index < -0.39 is 5.79 Å². The summed E-state index contributed by atoms with van der Waals surface area (Å²) in [5.41, 5.74) is 1.41. The van der Waals surface area contributed by atoms with Gasteiger partial charge in [0.2, 0.25) is 0 Å². The van der Waals surface area contributed by atoms with Crippen LogP contribution in [0.15, 0.2) is 35.4 Å². The molecule has 1 fully saturated rings. The number of alkyl halides is 1. The van der Waals surface area contributed by atoms with E-state index in [-0.39, 0.29) is 11.6 Å². The van der Waals surface area contributed by atoms with Gasteiger partial charge in [-0.05, 0) is 25.5 Å². The Morgan fingerprint density at radius 3 is 2.90 bits per heavy atom. The minimum atomic E-state index is -1.64. The number of nitrogens with zero attached hydrogens (tertiary/aromatic N) is 6. The maximum atomic E-state index is 14.6. The van der Waals surface area contributed by atoms with Crippen LogP contribution in [0, 0.1) is 0 Å². The number of carbonyl (C=O) groups excluding carboxylic acids is 1. The zero-order valence-electron chi connectivity index (χ0n) is 16.7. The number of ether oxygens (including phenoxy) is 1. The number of hydrogen-bond acceptors (Lipinski definition) is 6. The molecule has 1 amide bonds. The molecule has 3 aromatic rings. The Balaban J connectivity index is 1.49. The number of likely N-dealkylation sites (tertiary alicyclic amines) is 1. The van der Waals surface area contributed by atoms with E-state index in [1.54, 1.807) is 25.4 Å². The number of rotatable bonds is 2. The highest BCUT2D eigenvalue weighted by atomic mass is 19.1. The van der Waals surface area contributed by atoms with Crippen molar-refractivity contribution < 1.29 is 13.9 Å². The standard InChI is InChI=1S/C20H21FN6O3/c1-20(21)5-3-6-27(20)18(28)13-10-15-17(22-12-13)25(8-9-30-15)14-4-7-26-16(11-14)23-24(2)19(26)29/h4,7,10-12H,3,5-6,8-9H2,1-2H3. The summed E-state index contributed by atoms with van der Waals surface area (Å²) in [7, 11) is 1.60. The fraction of sp³-hybridized carbons (Fsp3) is 0.400. The van der Waals surface area contributed by atoms with Crippen molar-refractivity contribution in [1.82, 2.24) is 24.1 Å². The molecule has 5 heterocycles. The number of anilines is 2. The lowest BCUT2D eigenvalue weighted by Crippen LogP contribution is -2.41. The summed E-state index contributed by atoms with van der Waals surface area (Å²) in [6.07, 6.45) is 4.10. The third-order valence-electron chi connectivity index (χ3n) is 5.70. The Hall–Kier alpha value is -3.43. The first-order valence-corrected chi connectivity index (χ1v) is 9.82. The fourth-order valence-corrected chi connectivity index (χ4v) is 4.10. The maximum Gasteiger partial charge on any atom is 0.350 e. The molecular formula is C20H21FN6O3. The molecule has 1 saturated heterocycles. The number of aryl methyl sites for hydroxylation is 1. The van der Waals surface area contributed by atoms with Crippen molar-refractivity contribution >= 4 is 23.1 Å². The molecule has 1 atom stereocenters. The lowest BCUT2D eigenvalue weighted by molar-refractivity contribution is 0.0181. The number of carbonyl (C=O) groups is 1. The number of hydrogen-bond donors (Lipinski definition) is 0. The van der Waals surface area contributed by atoms with E-state index in [1.807, 2.05) is 11.0 Å². The first-order chi connectivity index (χ1) is 14.3. The molecule has 0 radical (unpaired) electrons. The minimum absolute atomic E-state index is 0.220. The van der Waals surface area contributed by atoms with Crippen LogP contribution in [0.25, 0.3) is 5.65 Å². The van der Waals surface area contributed by atoms with E-state index in [9.17, 15) is 14.0 Å². The van der Waals surface area contributed by atoms with Gasteiger partial charge in [0.15, 0.2) is 23.0 Å². The van der Waals surface area contributed by atoms with Crippen molar-refractivity contribution in [3.8, 4) is 5.75 Å². The molecule has 0 aliphatic carbocycles. The average Bonchev–Trinajstić information content (AvgIpc) is 3.24. The molecule has 3 aromatic heterocycles. The monoisotopic (exact) mass is 412 g/mol. The maximum absolute atomic E-state index is 14.6. The highest BCUT2D eigenvalue weighted by Gasteiger charge is 2.40. The molecule has 2 aliphatic heterocycles. The highest BCUT2D eigenvalue weighted by molar-refractivity contribution is 5.95. The number of aromatic nitrogens is 4. The number of halogens is 1. The first-order valence-electron chi connectivity index (χ1n) is 9.82. The fourth-order valence-electron chi connectivity index (χ4n) is 4.10. The molecule has 156 valence electrons. The van der Waals surface area contributed by atoms with Crippen LogP contribution >= 0.6 is 0 Å². The molecule has 0 saturated carbocycles. The Morgan fingerprint density at radius 1 is 1.30 bits per heavy atom. The van der Waals surface area contributed by atoms with Crippen LogP contribution < -0.4 is 15.3 Å². The smallest absolute Gasteiger partial charge is 0.350 e. The largest absolute Gasteiger partial charge is 0.488 e. The summed E-state index contributed by atoms with van der Waals surface area (Å²) in [5.74, 6) is -1.01. The van der Waals surface area contributed by atoms with Crippen molar-refractivity contribution in [1.29, 1.82) is 0 Å². The zero-order chi connectivity index (χ0) is 21.0. The molecule has 1 unspecified atom stereocenters. The molecule has 9 nitrogen and oxygen atoms in total. The van der Waals surface area contributed by atoms with E-state index in [1.165, 1.54) is 27.1 Å². The van der Waals surface area contributed by atoms with Gasteiger partial charge >= 0.3 is 5.69 Å². The van der Waals surface area contributed by atoms with Crippen LogP contribution in [-0.2, 0) is 7.05 Å². The third kappa shape index (κ3) is 2.82. The second kappa shape index (κ2) is 6.54. The lowest BCUT2D eigenvalue weighted by Gasteiger charge is -2.31. The van der Waals surface area contributed by atoms with Gasteiger partial charge in [-0.15, -0.1) is 0 Å². The van der Waals surface area contributed by atoms with Crippen LogP contribution in [0.1, 0.15) is 30.1 Å². The molecule has 10 heteroatoms. The molecule has 30 heavy (non-hydrogen) atoms. The van der Waals surface area contributed by atoms with Crippen molar-refractivity contribution in [3.63, 3.8) is 0 Å². The van der Waals surface area contributed by atoms with Crippen molar-refractivity contribution in [2.45, 2.75) is 25.6 Å². The highest BCUT2D eigenvalue weighted by Crippen LogP contribution is 2.37. The van der Waals surface area contributed by atoms with Crippen LogP contribution in [0.2, 0.25) is 0 Å². The number of pyridine rings is 2. The van der Waals surface area contributed by atoms with Gasteiger partial charge < -0.3 is 14.5 Å². The molecule has 0 bridgehead atoms. The van der Waals surface area contributed by atoms with Gasteiger partial charge in [0.1, 0.15) is 6.61 Å². The Bertz CT molecular complexity index is 1220. The Kier molecular flexibility index (Phi) is 4.05. The first kappa shape index (κ1) is 18.6. The second-order valence-electron chi connectivity index (χ2n) is 7.77. The van der Waals surface area contributed by atoms with Crippen LogP contribution in [0.4, 0.5) is 15.9 Å². The van der Waals surface area contributed by atoms with Crippen molar-refractivity contribution in [2.24, 2.45) is 7.05 Å². The molecule has 0 spiro atoms. The predicted octanol–water partition coefficient (Wildman–Crippen LogP) is 1.88. The normalized spacial score (nSPS) is 21.0. The van der Waals surface area contributed by atoms with Crippen LogP contribution in [0.5, 0.6) is 5.75 Å². The summed E-state index contributed by atoms with van der Waals surface area (Å²) < 4.78 is 23.1. The van der Waals surface area contributed by atoms with Crippen molar-refractivity contribution in [3.05, 3.63) is 46.6 Å². The second-order valence-corrected chi connectivity index (χ2v) is 7.77. The van der Waals surface area contributed by atoms with E-state index in [0.717, 1.165) is 5.69 Å². The van der Waals surface area contributed by atoms with E-state index >= 15 is 0 Å². The van der Waals surface area contributed by atoms with E-state index in [0.29, 0.717) is 55.3 Å². The van der Waals surface area contributed by atoms with Gasteiger partial charge in [-0.2, -0.15) is 5.10 Å². The predicted molar refractivity (Wildman–Crippen MR) is 107 cm³/mol. The number of amides is 1. The van der Waals surface area contributed by atoms with E-state index in [2.05, 4.69) is 10.1 Å². The van der Waals surface area contributed by atoms with Crippen molar-refractivity contribution in [2.75, 3.05) is 24.6 Å². The van der Waals surface area contributed by atoms with Gasteiger partial charge in [-0.1, -0.05) is 0 Å². The van der Waals surface area contributed by atoms with Gasteiger partial charge in [-0.25, -0.2) is 18.9 Å². The average molecular weight is 412 g/mol. The van der Waals surface area contributed by atoms with Crippen LogP contribution in [0.3, 0.4) is 0 Å². The minimum Gasteiger partial charge on any atom is -0.488 e. The zero-order valence-corrected chi connectivity index (χ0v) is 16.7. The van der Waals surface area contributed by atoms with E-state index in [4.69, 9.17) is 4.74 Å². The molecule has 0 N–H and O–H groups in total. The summed E-state index contributed by atoms with van der Waals surface area (Å²) in [5, 5.41) is 4.22. The topological polar surface area (TPSA) is 85.0 Å². The summed E-state index contributed by atoms with van der Waals surface area (Å²) in [4.78, 5) is 32.5. The lowest BCUT2D eigenvalue weighted by atomic mass is 10.1.